The SMILES string of the molecule is O=C(O[SH]1C=CC=C1)c1ccccc1. The van der Waals surface area contributed by atoms with Gasteiger partial charge in [-0.2, -0.15) is 0 Å². The van der Waals surface area contributed by atoms with Gasteiger partial charge in [-0.3, -0.25) is 0 Å². The molecule has 0 amide bonds. The van der Waals surface area contributed by atoms with Crippen LogP contribution in [0, 0.1) is 0 Å². The summed E-state index contributed by atoms with van der Waals surface area (Å²) in [5.41, 5.74) is 0.601. The first kappa shape index (κ1) is 9.09. The molecule has 0 spiro atoms. The molecule has 1 aliphatic heterocycles. The van der Waals surface area contributed by atoms with E-state index in [9.17, 15) is 4.79 Å². The number of hydrogen-bond acceptors (Lipinski definition) is 2. The maximum absolute atomic E-state index is 11.5. The number of allylic oxidation sites excluding steroid dienone is 2. The molecule has 0 atom stereocenters. The molecular weight excluding hydrogens is 196 g/mol. The Bertz CT molecular complexity index is 370. The summed E-state index contributed by atoms with van der Waals surface area (Å²) in [7, 11) is 0. The van der Waals surface area contributed by atoms with E-state index in [4.69, 9.17) is 4.18 Å². The van der Waals surface area contributed by atoms with Crippen LogP contribution in [0.4, 0.5) is 0 Å². The van der Waals surface area contributed by atoms with E-state index in [1.54, 1.807) is 12.1 Å². The molecule has 1 aromatic rings. The molecule has 0 saturated carbocycles. The summed E-state index contributed by atoms with van der Waals surface area (Å²) in [5.74, 6) is -0.257. The zero-order valence-electron chi connectivity index (χ0n) is 7.46. The Morgan fingerprint density at radius 3 is 2.36 bits per heavy atom. The highest BCUT2D eigenvalue weighted by atomic mass is 32.2. The molecule has 0 bridgehead atoms. The summed E-state index contributed by atoms with van der Waals surface area (Å²) in [5, 5.41) is 3.80. The van der Waals surface area contributed by atoms with Crippen molar-refractivity contribution in [2.45, 2.75) is 0 Å². The number of benzene rings is 1. The van der Waals surface area contributed by atoms with E-state index in [0.29, 0.717) is 5.56 Å². The summed E-state index contributed by atoms with van der Waals surface area (Å²) in [4.78, 5) is 11.5. The number of hydrogen-bond donors (Lipinski definition) is 1. The van der Waals surface area contributed by atoms with E-state index < -0.39 is 11.2 Å². The van der Waals surface area contributed by atoms with Crippen LogP contribution in [0.1, 0.15) is 10.4 Å². The van der Waals surface area contributed by atoms with Crippen LogP contribution in [-0.2, 0) is 4.18 Å². The van der Waals surface area contributed by atoms with Crippen molar-refractivity contribution in [3.63, 3.8) is 0 Å². The second-order valence-electron chi connectivity index (χ2n) is 2.79. The fourth-order valence-corrected chi connectivity index (χ4v) is 2.16. The minimum atomic E-state index is -0.819. The number of thiol groups is 1. The van der Waals surface area contributed by atoms with E-state index in [1.165, 1.54) is 0 Å². The van der Waals surface area contributed by atoms with Gasteiger partial charge in [-0.05, 0) is 22.9 Å². The molecule has 2 nitrogen and oxygen atoms in total. The van der Waals surface area contributed by atoms with E-state index in [1.807, 2.05) is 41.2 Å². The van der Waals surface area contributed by atoms with Crippen LogP contribution >= 0.6 is 11.2 Å². The van der Waals surface area contributed by atoms with Gasteiger partial charge in [-0.25, -0.2) is 4.79 Å². The van der Waals surface area contributed by atoms with Crippen LogP contribution in [-0.4, -0.2) is 5.97 Å². The number of carbonyl (C=O) groups is 1. The van der Waals surface area contributed by atoms with Crippen LogP contribution in [0.15, 0.2) is 53.3 Å². The maximum Gasteiger partial charge on any atom is 0.348 e. The fraction of sp³-hybridized carbons (Fsp3) is 0. The standard InChI is InChI=1S/C11H10O2S/c12-11(10-6-2-1-3-7-10)13-14-8-4-5-9-14/h1-9,14H. The fourth-order valence-electron chi connectivity index (χ4n) is 1.10. The molecular formula is C11H10O2S. The van der Waals surface area contributed by atoms with Crippen LogP contribution < -0.4 is 0 Å². The van der Waals surface area contributed by atoms with E-state index >= 15 is 0 Å². The van der Waals surface area contributed by atoms with Gasteiger partial charge in [0.15, 0.2) is 0 Å². The van der Waals surface area contributed by atoms with Crippen molar-refractivity contribution < 1.29 is 8.98 Å². The number of rotatable bonds is 2. The normalized spacial score (nSPS) is 15.9. The summed E-state index contributed by atoms with van der Waals surface area (Å²) < 4.78 is 5.25. The Kier molecular flexibility index (Phi) is 2.70. The molecule has 0 saturated heterocycles. The molecule has 1 aliphatic rings. The second-order valence-corrected chi connectivity index (χ2v) is 4.29. The molecule has 0 aromatic heterocycles. The second kappa shape index (κ2) is 4.15. The largest absolute Gasteiger partial charge is 0.407 e. The minimum Gasteiger partial charge on any atom is -0.407 e. The van der Waals surface area contributed by atoms with Crippen molar-refractivity contribution >= 4 is 17.1 Å². The van der Waals surface area contributed by atoms with Crippen molar-refractivity contribution in [3.8, 4) is 0 Å². The van der Waals surface area contributed by atoms with Gasteiger partial charge in [0.1, 0.15) is 0 Å². The molecule has 0 N–H and O–H groups in total. The molecule has 0 radical (unpaired) electrons. The van der Waals surface area contributed by atoms with Gasteiger partial charge in [0.2, 0.25) is 0 Å². The molecule has 1 heterocycles. The minimum absolute atomic E-state index is 0.257. The third kappa shape index (κ3) is 2.06. The van der Waals surface area contributed by atoms with Crippen LogP contribution in [0.2, 0.25) is 0 Å². The molecule has 1 aromatic carbocycles. The Morgan fingerprint density at radius 2 is 1.71 bits per heavy atom. The van der Waals surface area contributed by atoms with Gasteiger partial charge in [-0.15, -0.1) is 0 Å². The summed E-state index contributed by atoms with van der Waals surface area (Å²) in [6.45, 7) is 0. The van der Waals surface area contributed by atoms with Crippen molar-refractivity contribution in [1.82, 2.24) is 0 Å². The van der Waals surface area contributed by atoms with Crippen molar-refractivity contribution in [3.05, 3.63) is 58.9 Å². The third-order valence-corrected chi connectivity index (χ3v) is 3.08. The Balaban J connectivity index is 2.03. The number of carbonyl (C=O) groups excluding carboxylic acids is 1. The van der Waals surface area contributed by atoms with E-state index in [2.05, 4.69) is 0 Å². The Morgan fingerprint density at radius 1 is 1.07 bits per heavy atom. The lowest BCUT2D eigenvalue weighted by molar-refractivity contribution is 0.0767. The third-order valence-electron chi connectivity index (χ3n) is 1.77. The molecule has 2 rings (SSSR count). The van der Waals surface area contributed by atoms with Gasteiger partial charge in [-0.1, -0.05) is 41.5 Å². The highest BCUT2D eigenvalue weighted by molar-refractivity contribution is 8.18. The summed E-state index contributed by atoms with van der Waals surface area (Å²) >= 11 is -0.819. The maximum atomic E-state index is 11.5. The quantitative estimate of drug-likeness (QED) is 0.753. The molecule has 0 unspecified atom stereocenters. The molecule has 14 heavy (non-hydrogen) atoms. The lowest BCUT2D eigenvalue weighted by atomic mass is 10.2. The predicted molar refractivity (Wildman–Crippen MR) is 59.1 cm³/mol. The van der Waals surface area contributed by atoms with Crippen LogP contribution in [0.5, 0.6) is 0 Å². The van der Waals surface area contributed by atoms with E-state index in [-0.39, 0.29) is 5.97 Å². The van der Waals surface area contributed by atoms with Crippen molar-refractivity contribution in [1.29, 1.82) is 0 Å². The molecule has 3 heteroatoms. The first-order chi connectivity index (χ1) is 6.86. The van der Waals surface area contributed by atoms with Crippen molar-refractivity contribution in [2.75, 3.05) is 0 Å². The van der Waals surface area contributed by atoms with Crippen LogP contribution in [0.25, 0.3) is 0 Å². The van der Waals surface area contributed by atoms with Gasteiger partial charge >= 0.3 is 5.97 Å². The van der Waals surface area contributed by atoms with Crippen molar-refractivity contribution in [2.24, 2.45) is 0 Å². The zero-order chi connectivity index (χ0) is 9.80. The van der Waals surface area contributed by atoms with Crippen LogP contribution in [0.3, 0.4) is 0 Å². The lowest BCUT2D eigenvalue weighted by Crippen LogP contribution is -2.00. The summed E-state index contributed by atoms with van der Waals surface area (Å²) in [6.07, 6.45) is 3.79. The Hall–Kier alpha value is -1.48. The first-order valence-electron chi connectivity index (χ1n) is 4.27. The van der Waals surface area contributed by atoms with Gasteiger partial charge in [0.05, 0.1) is 5.56 Å². The van der Waals surface area contributed by atoms with Gasteiger partial charge in [0, 0.05) is 0 Å². The smallest absolute Gasteiger partial charge is 0.348 e. The molecule has 0 fully saturated rings. The van der Waals surface area contributed by atoms with Gasteiger partial charge in [0.25, 0.3) is 0 Å². The Labute approximate surface area is 85.4 Å². The highest BCUT2D eigenvalue weighted by Gasteiger charge is 2.09. The topological polar surface area (TPSA) is 26.3 Å². The average molecular weight is 206 g/mol. The highest BCUT2D eigenvalue weighted by Crippen LogP contribution is 2.34. The summed E-state index contributed by atoms with van der Waals surface area (Å²) in [6, 6.07) is 9.02. The monoisotopic (exact) mass is 206 g/mol. The predicted octanol–water partition coefficient (Wildman–Crippen LogP) is 2.80. The molecule has 0 aliphatic carbocycles. The molecule has 72 valence electrons. The van der Waals surface area contributed by atoms with E-state index in [0.717, 1.165) is 0 Å². The lowest BCUT2D eigenvalue weighted by Gasteiger charge is -2.10. The average Bonchev–Trinajstić information content (AvgIpc) is 2.72. The van der Waals surface area contributed by atoms with Gasteiger partial charge < -0.3 is 4.18 Å². The zero-order valence-corrected chi connectivity index (χ0v) is 8.35. The first-order valence-corrected chi connectivity index (χ1v) is 5.67.